The Labute approximate surface area is 148 Å². The molecule has 0 fully saturated rings. The Bertz CT molecular complexity index is 922. The second-order valence-corrected chi connectivity index (χ2v) is 6.89. The smallest absolute Gasteiger partial charge is 0.313 e. The summed E-state index contributed by atoms with van der Waals surface area (Å²) >= 11 is 1.57. The van der Waals surface area contributed by atoms with Crippen molar-refractivity contribution in [3.8, 4) is 0 Å². The fraction of sp³-hybridized carbons (Fsp3) is 0.278. The highest BCUT2D eigenvalue weighted by Gasteiger charge is 2.16. The summed E-state index contributed by atoms with van der Waals surface area (Å²) in [6, 6.07) is 6.30. The number of methoxy groups -OCH3 is 1. The average molecular weight is 359 g/mol. The Morgan fingerprint density at radius 1 is 1.24 bits per heavy atom. The van der Waals surface area contributed by atoms with E-state index in [4.69, 9.17) is 4.74 Å². The molecule has 25 heavy (non-hydrogen) atoms. The summed E-state index contributed by atoms with van der Waals surface area (Å²) in [5.41, 5.74) is 2.05. The van der Waals surface area contributed by atoms with E-state index in [0.717, 1.165) is 26.2 Å². The van der Waals surface area contributed by atoms with Gasteiger partial charge in [-0.15, -0.1) is 11.3 Å². The van der Waals surface area contributed by atoms with Crippen LogP contribution in [0.15, 0.2) is 24.3 Å². The number of aryl methyl sites for hydroxylation is 2. The molecule has 5 nitrogen and oxygen atoms in total. The van der Waals surface area contributed by atoms with Crippen LogP contribution in [-0.4, -0.2) is 23.0 Å². The zero-order chi connectivity index (χ0) is 18.0. The van der Waals surface area contributed by atoms with Crippen LogP contribution in [0, 0.1) is 19.7 Å². The van der Waals surface area contributed by atoms with Crippen LogP contribution in [0.2, 0.25) is 0 Å². The summed E-state index contributed by atoms with van der Waals surface area (Å²) in [6.07, 6.45) is 0.0215. The third kappa shape index (κ3) is 3.76. The number of hydrogen-bond acceptors (Lipinski definition) is 6. The Morgan fingerprint density at radius 3 is 2.64 bits per heavy atom. The lowest BCUT2D eigenvalue weighted by Crippen LogP contribution is -2.10. The van der Waals surface area contributed by atoms with Crippen molar-refractivity contribution in [1.82, 2.24) is 9.97 Å². The minimum absolute atomic E-state index is 0.0215. The van der Waals surface area contributed by atoms with Crippen molar-refractivity contribution >= 4 is 33.3 Å². The van der Waals surface area contributed by atoms with E-state index >= 15 is 0 Å². The molecule has 2 heterocycles. The van der Waals surface area contributed by atoms with Crippen LogP contribution in [-0.2, 0) is 22.5 Å². The van der Waals surface area contributed by atoms with Gasteiger partial charge in [0.15, 0.2) is 0 Å². The normalized spacial score (nSPS) is 10.9. The molecular weight excluding hydrogens is 341 g/mol. The highest BCUT2D eigenvalue weighted by molar-refractivity contribution is 7.18. The first-order valence-electron chi connectivity index (χ1n) is 7.79. The molecular formula is C18H18FN3O2S. The van der Waals surface area contributed by atoms with E-state index in [0.29, 0.717) is 18.2 Å². The number of ether oxygens (including phenoxy) is 1. The van der Waals surface area contributed by atoms with Gasteiger partial charge in [0, 0.05) is 11.4 Å². The van der Waals surface area contributed by atoms with Crippen molar-refractivity contribution in [3.05, 3.63) is 51.9 Å². The third-order valence-electron chi connectivity index (χ3n) is 3.98. The van der Waals surface area contributed by atoms with Gasteiger partial charge in [-0.2, -0.15) is 0 Å². The third-order valence-corrected chi connectivity index (χ3v) is 5.08. The fourth-order valence-corrected chi connectivity index (χ4v) is 3.54. The Hall–Kier alpha value is -2.54. The van der Waals surface area contributed by atoms with Gasteiger partial charge in [-0.3, -0.25) is 4.79 Å². The molecule has 1 N–H and O–H groups in total. The number of carbonyl (C=O) groups is 1. The fourth-order valence-electron chi connectivity index (χ4n) is 2.49. The molecule has 0 aliphatic heterocycles. The van der Waals surface area contributed by atoms with Gasteiger partial charge in [0.25, 0.3) is 0 Å². The number of hydrogen-bond donors (Lipinski definition) is 1. The number of halogens is 1. The molecule has 1 aromatic carbocycles. The number of esters is 1. The maximum Gasteiger partial charge on any atom is 0.313 e. The Morgan fingerprint density at radius 2 is 1.96 bits per heavy atom. The van der Waals surface area contributed by atoms with E-state index in [1.807, 2.05) is 13.8 Å². The average Bonchev–Trinajstić information content (AvgIpc) is 2.88. The maximum atomic E-state index is 13.0. The second kappa shape index (κ2) is 7.14. The molecule has 0 bridgehead atoms. The SMILES string of the molecule is COC(=O)Cc1nc(NCc2ccc(F)cc2)c2c(C)c(C)sc2n1. The summed E-state index contributed by atoms with van der Waals surface area (Å²) in [5, 5.41) is 4.25. The van der Waals surface area contributed by atoms with Crippen molar-refractivity contribution in [3.63, 3.8) is 0 Å². The standard InChI is InChI=1S/C18H18FN3O2S/c1-10-11(2)25-18-16(10)17(21-14(22-18)8-15(23)24-3)20-9-12-4-6-13(19)7-5-12/h4-7H,8-9H2,1-3H3,(H,20,21,22). The summed E-state index contributed by atoms with van der Waals surface area (Å²) in [7, 11) is 1.34. The number of aromatic nitrogens is 2. The molecule has 0 unspecified atom stereocenters. The first-order chi connectivity index (χ1) is 12.0. The predicted molar refractivity (Wildman–Crippen MR) is 96.3 cm³/mol. The van der Waals surface area contributed by atoms with E-state index in [-0.39, 0.29) is 18.2 Å². The monoisotopic (exact) mass is 359 g/mol. The van der Waals surface area contributed by atoms with E-state index < -0.39 is 0 Å². The predicted octanol–water partition coefficient (Wildman–Crippen LogP) is 3.77. The van der Waals surface area contributed by atoms with Gasteiger partial charge in [0.1, 0.15) is 28.7 Å². The van der Waals surface area contributed by atoms with E-state index in [2.05, 4.69) is 15.3 Å². The highest BCUT2D eigenvalue weighted by Crippen LogP contribution is 2.33. The quantitative estimate of drug-likeness (QED) is 0.703. The van der Waals surface area contributed by atoms with Crippen LogP contribution in [0.3, 0.4) is 0 Å². The number of thiophene rings is 1. The largest absolute Gasteiger partial charge is 0.469 e. The van der Waals surface area contributed by atoms with Gasteiger partial charge in [-0.1, -0.05) is 12.1 Å². The summed E-state index contributed by atoms with van der Waals surface area (Å²) in [5.74, 6) is 0.448. The van der Waals surface area contributed by atoms with Crippen molar-refractivity contribution in [2.45, 2.75) is 26.8 Å². The van der Waals surface area contributed by atoms with Gasteiger partial charge in [-0.05, 0) is 37.1 Å². The van der Waals surface area contributed by atoms with Gasteiger partial charge in [0.05, 0.1) is 12.5 Å². The van der Waals surface area contributed by atoms with Crippen molar-refractivity contribution in [1.29, 1.82) is 0 Å². The molecule has 130 valence electrons. The summed E-state index contributed by atoms with van der Waals surface area (Å²) in [6.45, 7) is 4.56. The van der Waals surface area contributed by atoms with Crippen molar-refractivity contribution < 1.29 is 13.9 Å². The van der Waals surface area contributed by atoms with Crippen LogP contribution in [0.4, 0.5) is 10.2 Å². The van der Waals surface area contributed by atoms with Crippen LogP contribution in [0.25, 0.3) is 10.2 Å². The number of fused-ring (bicyclic) bond motifs is 1. The molecule has 3 aromatic rings. The Kier molecular flexibility index (Phi) is 4.94. The molecule has 3 rings (SSSR count). The molecule has 0 saturated heterocycles. The van der Waals surface area contributed by atoms with Gasteiger partial charge >= 0.3 is 5.97 Å². The van der Waals surface area contributed by atoms with Gasteiger partial charge in [-0.25, -0.2) is 14.4 Å². The molecule has 0 radical (unpaired) electrons. The number of nitrogens with one attached hydrogen (secondary N) is 1. The second-order valence-electron chi connectivity index (χ2n) is 5.68. The number of nitrogens with zero attached hydrogens (tertiary/aromatic N) is 2. The zero-order valence-electron chi connectivity index (χ0n) is 14.2. The first-order valence-corrected chi connectivity index (χ1v) is 8.61. The lowest BCUT2D eigenvalue weighted by Gasteiger charge is -2.10. The number of anilines is 1. The number of carbonyl (C=O) groups excluding carboxylic acids is 1. The highest BCUT2D eigenvalue weighted by atomic mass is 32.1. The van der Waals surface area contributed by atoms with Crippen LogP contribution in [0.1, 0.15) is 21.8 Å². The zero-order valence-corrected chi connectivity index (χ0v) is 15.0. The number of benzene rings is 1. The van der Waals surface area contributed by atoms with E-state index in [1.54, 1.807) is 23.5 Å². The van der Waals surface area contributed by atoms with Crippen molar-refractivity contribution in [2.24, 2.45) is 0 Å². The molecule has 0 aliphatic rings. The topological polar surface area (TPSA) is 64.1 Å². The maximum absolute atomic E-state index is 13.0. The molecule has 0 saturated carbocycles. The minimum Gasteiger partial charge on any atom is -0.469 e. The molecule has 2 aromatic heterocycles. The molecule has 0 amide bonds. The van der Waals surface area contributed by atoms with Crippen molar-refractivity contribution in [2.75, 3.05) is 12.4 Å². The van der Waals surface area contributed by atoms with E-state index in [1.165, 1.54) is 19.2 Å². The van der Waals surface area contributed by atoms with Crippen LogP contribution >= 0.6 is 11.3 Å². The summed E-state index contributed by atoms with van der Waals surface area (Å²) in [4.78, 5) is 22.5. The molecule has 0 atom stereocenters. The molecule has 0 aliphatic carbocycles. The first kappa shape index (κ1) is 17.3. The number of rotatable bonds is 5. The van der Waals surface area contributed by atoms with Crippen LogP contribution in [0.5, 0.6) is 0 Å². The Balaban J connectivity index is 1.95. The summed E-state index contributed by atoms with van der Waals surface area (Å²) < 4.78 is 17.7. The van der Waals surface area contributed by atoms with Gasteiger partial charge in [0.2, 0.25) is 0 Å². The molecule has 0 spiro atoms. The minimum atomic E-state index is -0.381. The lowest BCUT2D eigenvalue weighted by molar-refractivity contribution is -0.139. The lowest BCUT2D eigenvalue weighted by atomic mass is 10.2. The molecule has 7 heteroatoms. The van der Waals surface area contributed by atoms with Gasteiger partial charge < -0.3 is 10.1 Å². The van der Waals surface area contributed by atoms with Crippen LogP contribution < -0.4 is 5.32 Å². The van der Waals surface area contributed by atoms with E-state index in [9.17, 15) is 9.18 Å².